The van der Waals surface area contributed by atoms with Crippen molar-refractivity contribution in [3.05, 3.63) is 29.3 Å². The average molecular weight is 297 g/mol. The maximum absolute atomic E-state index is 10.0. The van der Waals surface area contributed by atoms with Crippen LogP contribution in [0.4, 0.5) is 0 Å². The van der Waals surface area contributed by atoms with Gasteiger partial charge in [-0.2, -0.15) is 0 Å². The summed E-state index contributed by atoms with van der Waals surface area (Å²) in [6.45, 7) is 2.64. The molecule has 0 unspecified atom stereocenters. The lowest BCUT2D eigenvalue weighted by Crippen LogP contribution is -2.61. The zero-order chi connectivity index (χ0) is 14.7. The number of nitrogens with zero attached hydrogens (tertiary/aromatic N) is 1. The minimum atomic E-state index is 0.384. The van der Waals surface area contributed by atoms with E-state index in [2.05, 4.69) is 17.0 Å². The standard InChI is InChI=1S/C20H27NO/c22-16-7-6-15-11-19-17-3-1-2-8-20(17,18(15)12-16)9-10-21(19)13-14-4-5-14/h6-7,12,14,17,19,22H,1-5,8-11,13H2/t17-,19-,20-/m1/s1. The summed E-state index contributed by atoms with van der Waals surface area (Å²) in [4.78, 5) is 2.85. The Labute approximate surface area is 133 Å². The second-order valence-electron chi connectivity index (χ2n) is 8.31. The molecule has 22 heavy (non-hydrogen) atoms. The number of fused-ring (bicyclic) bond motifs is 1. The molecule has 3 aliphatic carbocycles. The summed E-state index contributed by atoms with van der Waals surface area (Å²) in [5.74, 6) is 2.30. The Morgan fingerprint density at radius 3 is 2.91 bits per heavy atom. The highest BCUT2D eigenvalue weighted by Crippen LogP contribution is 2.56. The number of phenolic OH excluding ortho intramolecular Hbond substituents is 1. The molecule has 1 N–H and O–H groups in total. The van der Waals surface area contributed by atoms with Gasteiger partial charge >= 0.3 is 0 Å². The molecule has 1 aromatic carbocycles. The van der Waals surface area contributed by atoms with Crippen molar-refractivity contribution >= 4 is 0 Å². The summed E-state index contributed by atoms with van der Waals surface area (Å²) < 4.78 is 0. The fourth-order valence-electron chi connectivity index (χ4n) is 5.93. The van der Waals surface area contributed by atoms with Crippen molar-refractivity contribution in [1.29, 1.82) is 0 Å². The number of rotatable bonds is 2. The van der Waals surface area contributed by atoms with E-state index in [1.165, 1.54) is 75.6 Å². The molecule has 1 heterocycles. The molecule has 3 atom stereocenters. The number of hydrogen-bond acceptors (Lipinski definition) is 2. The highest BCUT2D eigenvalue weighted by molar-refractivity contribution is 5.45. The Morgan fingerprint density at radius 2 is 2.05 bits per heavy atom. The smallest absolute Gasteiger partial charge is 0.115 e. The Hall–Kier alpha value is -1.02. The number of likely N-dealkylation sites (tertiary alicyclic amines) is 1. The van der Waals surface area contributed by atoms with Crippen LogP contribution in [0.15, 0.2) is 18.2 Å². The Bertz CT molecular complexity index is 593. The first kappa shape index (κ1) is 13.4. The SMILES string of the molecule is Oc1ccc2c(c1)[C@@]13CCCC[C@@H]1[C@@H](C2)N(CC1CC1)CC3. The number of phenols is 1. The molecule has 1 aliphatic heterocycles. The van der Waals surface area contributed by atoms with Gasteiger partial charge in [-0.25, -0.2) is 0 Å². The lowest BCUT2D eigenvalue weighted by atomic mass is 9.52. The fourth-order valence-corrected chi connectivity index (χ4v) is 5.93. The maximum Gasteiger partial charge on any atom is 0.115 e. The van der Waals surface area contributed by atoms with Gasteiger partial charge in [-0.15, -0.1) is 0 Å². The molecule has 5 rings (SSSR count). The van der Waals surface area contributed by atoms with Gasteiger partial charge in [0.25, 0.3) is 0 Å². The number of hydrogen-bond donors (Lipinski definition) is 1. The summed E-state index contributed by atoms with van der Waals surface area (Å²) >= 11 is 0. The van der Waals surface area contributed by atoms with Crippen LogP contribution in [0.1, 0.15) is 56.1 Å². The topological polar surface area (TPSA) is 23.5 Å². The van der Waals surface area contributed by atoms with Crippen LogP contribution in [0.5, 0.6) is 5.75 Å². The van der Waals surface area contributed by atoms with E-state index in [1.807, 2.05) is 6.07 Å². The largest absolute Gasteiger partial charge is 0.508 e. The molecule has 2 bridgehead atoms. The quantitative estimate of drug-likeness (QED) is 0.896. The van der Waals surface area contributed by atoms with E-state index in [4.69, 9.17) is 0 Å². The van der Waals surface area contributed by atoms with Gasteiger partial charge in [0.2, 0.25) is 0 Å². The van der Waals surface area contributed by atoms with Crippen LogP contribution in [0, 0.1) is 11.8 Å². The molecule has 0 spiro atoms. The first-order valence-corrected chi connectivity index (χ1v) is 9.33. The second-order valence-corrected chi connectivity index (χ2v) is 8.31. The molecular formula is C20H27NO. The monoisotopic (exact) mass is 297 g/mol. The summed E-state index contributed by atoms with van der Waals surface area (Å²) in [6, 6.07) is 7.00. The Balaban J connectivity index is 1.58. The molecule has 3 fully saturated rings. The molecule has 0 radical (unpaired) electrons. The van der Waals surface area contributed by atoms with Crippen LogP contribution in [0.25, 0.3) is 0 Å². The van der Waals surface area contributed by atoms with Crippen LogP contribution in [0.2, 0.25) is 0 Å². The van der Waals surface area contributed by atoms with Crippen molar-refractivity contribution in [2.45, 2.75) is 62.8 Å². The molecule has 1 saturated heterocycles. The summed E-state index contributed by atoms with van der Waals surface area (Å²) in [7, 11) is 0. The number of aromatic hydroxyl groups is 1. The van der Waals surface area contributed by atoms with Gasteiger partial charge in [-0.1, -0.05) is 18.9 Å². The van der Waals surface area contributed by atoms with E-state index >= 15 is 0 Å². The van der Waals surface area contributed by atoms with Crippen LogP contribution in [-0.4, -0.2) is 29.1 Å². The first-order valence-electron chi connectivity index (χ1n) is 9.33. The van der Waals surface area contributed by atoms with E-state index in [-0.39, 0.29) is 0 Å². The molecule has 4 aliphatic rings. The molecule has 2 nitrogen and oxygen atoms in total. The number of benzene rings is 1. The van der Waals surface area contributed by atoms with Crippen LogP contribution >= 0.6 is 0 Å². The lowest BCUT2D eigenvalue weighted by Gasteiger charge is -2.59. The third-order valence-electron chi connectivity index (χ3n) is 7.12. The zero-order valence-corrected chi connectivity index (χ0v) is 13.4. The highest BCUT2D eigenvalue weighted by atomic mass is 16.3. The molecule has 1 aromatic rings. The van der Waals surface area contributed by atoms with Crippen LogP contribution in [0.3, 0.4) is 0 Å². The Kier molecular flexibility index (Phi) is 2.89. The lowest BCUT2D eigenvalue weighted by molar-refractivity contribution is -0.0134. The normalized spacial score (nSPS) is 37.5. The minimum absolute atomic E-state index is 0.384. The van der Waals surface area contributed by atoms with E-state index < -0.39 is 0 Å². The Morgan fingerprint density at radius 1 is 1.14 bits per heavy atom. The molecule has 0 amide bonds. The molecule has 118 valence electrons. The number of piperidine rings is 1. The summed E-state index contributed by atoms with van der Waals surface area (Å²) in [5, 5.41) is 10.0. The van der Waals surface area contributed by atoms with Gasteiger partial charge in [0.05, 0.1) is 0 Å². The maximum atomic E-state index is 10.0. The minimum Gasteiger partial charge on any atom is -0.508 e. The van der Waals surface area contributed by atoms with Gasteiger partial charge < -0.3 is 5.11 Å². The predicted octanol–water partition coefficient (Wildman–Crippen LogP) is 3.86. The third kappa shape index (κ3) is 1.89. The second kappa shape index (κ2) is 4.74. The predicted molar refractivity (Wildman–Crippen MR) is 88.1 cm³/mol. The van der Waals surface area contributed by atoms with Crippen molar-refractivity contribution in [2.75, 3.05) is 13.1 Å². The van der Waals surface area contributed by atoms with Gasteiger partial charge in [0.15, 0.2) is 0 Å². The van der Waals surface area contributed by atoms with Crippen molar-refractivity contribution in [1.82, 2.24) is 4.90 Å². The molecule has 2 heteroatoms. The van der Waals surface area contributed by atoms with E-state index in [1.54, 1.807) is 0 Å². The first-order chi connectivity index (χ1) is 10.8. The van der Waals surface area contributed by atoms with Gasteiger partial charge in [-0.3, -0.25) is 4.90 Å². The fraction of sp³-hybridized carbons (Fsp3) is 0.700. The van der Waals surface area contributed by atoms with Crippen molar-refractivity contribution < 1.29 is 5.11 Å². The van der Waals surface area contributed by atoms with Crippen molar-refractivity contribution in [3.8, 4) is 5.75 Å². The van der Waals surface area contributed by atoms with E-state index in [9.17, 15) is 5.11 Å². The molecular weight excluding hydrogens is 270 g/mol. The van der Waals surface area contributed by atoms with E-state index in [0.717, 1.165) is 17.9 Å². The van der Waals surface area contributed by atoms with Crippen molar-refractivity contribution in [3.63, 3.8) is 0 Å². The van der Waals surface area contributed by atoms with Crippen molar-refractivity contribution in [2.24, 2.45) is 11.8 Å². The van der Waals surface area contributed by atoms with E-state index in [0.29, 0.717) is 11.2 Å². The zero-order valence-electron chi connectivity index (χ0n) is 13.4. The third-order valence-corrected chi connectivity index (χ3v) is 7.12. The van der Waals surface area contributed by atoms with Gasteiger partial charge in [-0.05, 0) is 80.2 Å². The summed E-state index contributed by atoms with van der Waals surface area (Å²) in [5.41, 5.74) is 3.43. The average Bonchev–Trinajstić information content (AvgIpc) is 3.35. The van der Waals surface area contributed by atoms with Crippen LogP contribution < -0.4 is 0 Å². The van der Waals surface area contributed by atoms with Gasteiger partial charge in [0.1, 0.15) is 5.75 Å². The van der Waals surface area contributed by atoms with Crippen LogP contribution in [-0.2, 0) is 11.8 Å². The highest BCUT2D eigenvalue weighted by Gasteiger charge is 2.54. The summed E-state index contributed by atoms with van der Waals surface area (Å²) in [6.07, 6.45) is 11.0. The molecule has 0 aromatic heterocycles. The van der Waals surface area contributed by atoms with Gasteiger partial charge in [0, 0.05) is 18.0 Å². The molecule has 2 saturated carbocycles.